The highest BCUT2D eigenvalue weighted by Gasteiger charge is 2.12. The maximum absolute atomic E-state index is 12.4. The topological polar surface area (TPSA) is 86.5 Å². The van der Waals surface area contributed by atoms with E-state index in [-0.39, 0.29) is 11.7 Å². The van der Waals surface area contributed by atoms with Crippen LogP contribution in [0.4, 0.5) is 5.82 Å². The van der Waals surface area contributed by atoms with Gasteiger partial charge in [0.1, 0.15) is 17.3 Å². The summed E-state index contributed by atoms with van der Waals surface area (Å²) < 4.78 is 11.0. The third kappa shape index (κ3) is 6.08. The van der Waals surface area contributed by atoms with Crippen LogP contribution in [0, 0.1) is 0 Å². The minimum absolute atomic E-state index is 0.191. The molecule has 0 bridgehead atoms. The van der Waals surface area contributed by atoms with Crippen LogP contribution in [-0.2, 0) is 17.9 Å². The molecule has 1 aromatic heterocycles. The molecule has 0 aliphatic rings. The lowest BCUT2D eigenvalue weighted by molar-refractivity contribution is 0.0951. The zero-order valence-electron chi connectivity index (χ0n) is 18.9. The van der Waals surface area contributed by atoms with Crippen molar-refractivity contribution < 1.29 is 14.3 Å². The van der Waals surface area contributed by atoms with Crippen LogP contribution >= 0.6 is 0 Å². The number of nitrogens with one attached hydrogen (secondary N) is 1. The maximum atomic E-state index is 12.4. The Morgan fingerprint density at radius 2 is 1.59 bits per heavy atom. The SMILES string of the molecule is CCC(CC)c1ccc(Oc2ccc(CNC(=O)c3ccc(COC)nc3N)cc2)cc1. The summed E-state index contributed by atoms with van der Waals surface area (Å²) in [6, 6.07) is 19.3. The van der Waals surface area contributed by atoms with Crippen LogP contribution in [-0.4, -0.2) is 18.0 Å². The Morgan fingerprint density at radius 3 is 2.16 bits per heavy atom. The highest BCUT2D eigenvalue weighted by atomic mass is 16.5. The summed E-state index contributed by atoms with van der Waals surface area (Å²) in [4.78, 5) is 16.6. The molecule has 0 radical (unpaired) electrons. The van der Waals surface area contributed by atoms with Crippen molar-refractivity contribution in [2.45, 2.75) is 45.8 Å². The first-order valence-corrected chi connectivity index (χ1v) is 10.9. The van der Waals surface area contributed by atoms with E-state index in [0.717, 1.165) is 29.9 Å². The number of rotatable bonds is 10. The van der Waals surface area contributed by atoms with Gasteiger partial charge in [-0.1, -0.05) is 38.1 Å². The zero-order chi connectivity index (χ0) is 22.9. The molecule has 2 aromatic carbocycles. The Labute approximate surface area is 189 Å². The van der Waals surface area contributed by atoms with E-state index in [1.807, 2.05) is 36.4 Å². The number of ether oxygens (including phenoxy) is 2. The van der Waals surface area contributed by atoms with Crippen LogP contribution in [0.2, 0.25) is 0 Å². The molecule has 3 N–H and O–H groups in total. The Morgan fingerprint density at radius 1 is 0.969 bits per heavy atom. The number of nitrogens with two attached hydrogens (primary N) is 1. The van der Waals surface area contributed by atoms with Gasteiger partial charge in [0.15, 0.2) is 0 Å². The van der Waals surface area contributed by atoms with E-state index in [1.165, 1.54) is 5.56 Å². The zero-order valence-corrected chi connectivity index (χ0v) is 18.9. The second kappa shape index (κ2) is 11.3. The summed E-state index contributed by atoms with van der Waals surface area (Å²) >= 11 is 0. The molecule has 0 fully saturated rings. The van der Waals surface area contributed by atoms with Gasteiger partial charge in [0.25, 0.3) is 5.91 Å². The fourth-order valence-corrected chi connectivity index (χ4v) is 3.59. The summed E-state index contributed by atoms with van der Waals surface area (Å²) in [7, 11) is 1.58. The van der Waals surface area contributed by atoms with Crippen molar-refractivity contribution >= 4 is 11.7 Å². The van der Waals surface area contributed by atoms with Crippen molar-refractivity contribution in [1.29, 1.82) is 0 Å². The largest absolute Gasteiger partial charge is 0.457 e. The fraction of sp³-hybridized carbons (Fsp3) is 0.308. The van der Waals surface area contributed by atoms with Gasteiger partial charge in [-0.05, 0) is 66.3 Å². The number of benzene rings is 2. The predicted molar refractivity (Wildman–Crippen MR) is 127 cm³/mol. The van der Waals surface area contributed by atoms with Gasteiger partial charge < -0.3 is 20.5 Å². The van der Waals surface area contributed by atoms with E-state index in [1.54, 1.807) is 19.2 Å². The molecule has 0 saturated carbocycles. The second-order valence-electron chi connectivity index (χ2n) is 7.68. The van der Waals surface area contributed by atoms with E-state index in [0.29, 0.717) is 30.3 Å². The highest BCUT2D eigenvalue weighted by Crippen LogP contribution is 2.27. The molecule has 0 atom stereocenters. The molecule has 1 heterocycles. The molecule has 0 saturated heterocycles. The lowest BCUT2D eigenvalue weighted by Gasteiger charge is -2.13. The molecule has 0 spiro atoms. The molecular formula is C26H31N3O3. The van der Waals surface area contributed by atoms with Gasteiger partial charge in [-0.25, -0.2) is 4.98 Å². The highest BCUT2D eigenvalue weighted by molar-refractivity contribution is 5.98. The molecule has 0 aliphatic heterocycles. The van der Waals surface area contributed by atoms with Crippen LogP contribution in [0.3, 0.4) is 0 Å². The Hall–Kier alpha value is -3.38. The van der Waals surface area contributed by atoms with Gasteiger partial charge in [-0.2, -0.15) is 0 Å². The number of aromatic nitrogens is 1. The van der Waals surface area contributed by atoms with Gasteiger partial charge in [-0.3, -0.25) is 4.79 Å². The maximum Gasteiger partial charge on any atom is 0.255 e. The van der Waals surface area contributed by atoms with E-state index in [4.69, 9.17) is 15.2 Å². The molecule has 0 aliphatic carbocycles. The number of amides is 1. The Bertz CT molecular complexity index is 1010. The Kier molecular flexibility index (Phi) is 8.22. The average molecular weight is 434 g/mol. The van der Waals surface area contributed by atoms with E-state index >= 15 is 0 Å². The van der Waals surface area contributed by atoms with Crippen LogP contribution in [0.15, 0.2) is 60.7 Å². The number of pyridine rings is 1. The van der Waals surface area contributed by atoms with Crippen LogP contribution in [0.25, 0.3) is 0 Å². The molecule has 6 heteroatoms. The smallest absolute Gasteiger partial charge is 0.255 e. The quantitative estimate of drug-likeness (QED) is 0.445. The van der Waals surface area contributed by atoms with Gasteiger partial charge in [-0.15, -0.1) is 0 Å². The molecule has 3 aromatic rings. The second-order valence-corrected chi connectivity index (χ2v) is 7.68. The van der Waals surface area contributed by atoms with Crippen LogP contribution in [0.1, 0.15) is 59.8 Å². The molecule has 32 heavy (non-hydrogen) atoms. The summed E-state index contributed by atoms with van der Waals surface area (Å²) in [5.74, 6) is 2.07. The fourth-order valence-electron chi connectivity index (χ4n) is 3.59. The number of hydrogen-bond donors (Lipinski definition) is 2. The normalized spacial score (nSPS) is 10.9. The average Bonchev–Trinajstić information content (AvgIpc) is 2.80. The molecular weight excluding hydrogens is 402 g/mol. The van der Waals surface area contributed by atoms with Crippen molar-refractivity contribution in [3.05, 3.63) is 83.0 Å². The summed E-state index contributed by atoms with van der Waals surface area (Å²) in [6.07, 6.45) is 2.27. The molecule has 3 rings (SSSR count). The number of nitrogens with zero attached hydrogens (tertiary/aromatic N) is 1. The minimum Gasteiger partial charge on any atom is -0.457 e. The van der Waals surface area contributed by atoms with Gasteiger partial charge in [0, 0.05) is 13.7 Å². The summed E-state index contributed by atoms with van der Waals surface area (Å²) in [5.41, 5.74) is 9.24. The van der Waals surface area contributed by atoms with Crippen molar-refractivity contribution in [2.75, 3.05) is 12.8 Å². The first kappa shape index (κ1) is 23.3. The third-order valence-corrected chi connectivity index (χ3v) is 5.47. The van der Waals surface area contributed by atoms with E-state index in [9.17, 15) is 4.79 Å². The first-order chi connectivity index (χ1) is 15.5. The monoisotopic (exact) mass is 433 g/mol. The summed E-state index contributed by atoms with van der Waals surface area (Å²) in [6.45, 7) is 5.16. The number of carbonyl (C=O) groups excluding carboxylic acids is 1. The molecule has 168 valence electrons. The van der Waals surface area contributed by atoms with E-state index < -0.39 is 0 Å². The van der Waals surface area contributed by atoms with E-state index in [2.05, 4.69) is 36.3 Å². The number of nitrogen functional groups attached to an aromatic ring is 1. The third-order valence-electron chi connectivity index (χ3n) is 5.47. The molecule has 1 amide bonds. The lowest BCUT2D eigenvalue weighted by Crippen LogP contribution is -2.24. The summed E-state index contributed by atoms with van der Waals surface area (Å²) in [5, 5.41) is 2.87. The van der Waals surface area contributed by atoms with Crippen LogP contribution in [0.5, 0.6) is 11.5 Å². The van der Waals surface area contributed by atoms with Gasteiger partial charge >= 0.3 is 0 Å². The van der Waals surface area contributed by atoms with Gasteiger partial charge in [0.05, 0.1) is 17.9 Å². The number of anilines is 1. The number of methoxy groups -OCH3 is 1. The van der Waals surface area contributed by atoms with Crippen molar-refractivity contribution in [1.82, 2.24) is 10.3 Å². The molecule has 0 unspecified atom stereocenters. The standard InChI is InChI=1S/C26H31N3O3/c1-4-19(5-2)20-8-13-23(14-9-20)32-22-11-6-18(7-12-22)16-28-26(30)24-15-10-21(17-31-3)29-25(24)27/h6-15,19H,4-5,16-17H2,1-3H3,(H2,27,29)(H,28,30). The van der Waals surface area contributed by atoms with Crippen LogP contribution < -0.4 is 15.8 Å². The lowest BCUT2D eigenvalue weighted by atomic mass is 9.94. The first-order valence-electron chi connectivity index (χ1n) is 10.9. The van der Waals surface area contributed by atoms with Crippen molar-refractivity contribution in [3.8, 4) is 11.5 Å². The van der Waals surface area contributed by atoms with Gasteiger partial charge in [0.2, 0.25) is 0 Å². The van der Waals surface area contributed by atoms with Crippen molar-refractivity contribution in [2.24, 2.45) is 0 Å². The minimum atomic E-state index is -0.267. The molecule has 6 nitrogen and oxygen atoms in total. The predicted octanol–water partition coefficient (Wildman–Crippen LogP) is 5.44. The number of hydrogen-bond acceptors (Lipinski definition) is 5. The Balaban J connectivity index is 1.55. The number of carbonyl (C=O) groups is 1. The van der Waals surface area contributed by atoms with Crippen molar-refractivity contribution in [3.63, 3.8) is 0 Å².